The molecule has 0 unspecified atom stereocenters. The highest BCUT2D eigenvalue weighted by atomic mass is 16.3. The predicted molar refractivity (Wildman–Crippen MR) is 65.3 cm³/mol. The van der Waals surface area contributed by atoms with E-state index in [1.807, 2.05) is 37.2 Å². The molecule has 1 aliphatic rings. The van der Waals surface area contributed by atoms with Gasteiger partial charge in [-0.15, -0.1) is 0 Å². The second kappa shape index (κ2) is 4.61. The van der Waals surface area contributed by atoms with E-state index in [1.54, 1.807) is 0 Å². The Morgan fingerprint density at radius 2 is 2.31 bits per heavy atom. The van der Waals surface area contributed by atoms with Crippen LogP contribution in [-0.4, -0.2) is 42.5 Å². The molecule has 0 amide bonds. The van der Waals surface area contributed by atoms with Crippen LogP contribution in [0.2, 0.25) is 0 Å². The lowest BCUT2D eigenvalue weighted by Gasteiger charge is -2.29. The Bertz CT molecular complexity index is 403. The van der Waals surface area contributed by atoms with Gasteiger partial charge < -0.3 is 10.0 Å². The lowest BCUT2D eigenvalue weighted by atomic mass is 10.1. The van der Waals surface area contributed by atoms with E-state index >= 15 is 0 Å². The minimum atomic E-state index is 0.102. The van der Waals surface area contributed by atoms with Crippen LogP contribution in [0.5, 0.6) is 0 Å². The molecule has 0 radical (unpaired) electrons. The normalized spacial score (nSPS) is 20.2. The monoisotopic (exact) mass is 219 g/mol. The van der Waals surface area contributed by atoms with Gasteiger partial charge in [-0.25, -0.2) is 4.98 Å². The maximum atomic E-state index is 9.35. The molecule has 0 bridgehead atoms. The Morgan fingerprint density at radius 1 is 1.50 bits per heavy atom. The zero-order chi connectivity index (χ0) is 11.5. The molecule has 1 aromatic rings. The van der Waals surface area contributed by atoms with Gasteiger partial charge in [-0.2, -0.15) is 0 Å². The molecule has 0 aliphatic carbocycles. The van der Waals surface area contributed by atoms with Crippen LogP contribution in [0.25, 0.3) is 0 Å². The number of hydrogen-bond acceptors (Lipinski definition) is 4. The predicted octanol–water partition coefficient (Wildman–Crippen LogP) is 1.01. The van der Waals surface area contributed by atoms with Gasteiger partial charge in [0.2, 0.25) is 0 Å². The van der Waals surface area contributed by atoms with Crippen molar-refractivity contribution in [2.24, 2.45) is 4.99 Å². The van der Waals surface area contributed by atoms with Gasteiger partial charge in [0.05, 0.1) is 12.6 Å². The van der Waals surface area contributed by atoms with Crippen molar-refractivity contribution in [1.82, 2.24) is 4.98 Å². The first-order chi connectivity index (χ1) is 7.72. The van der Waals surface area contributed by atoms with Gasteiger partial charge >= 0.3 is 0 Å². The van der Waals surface area contributed by atoms with E-state index in [4.69, 9.17) is 0 Å². The number of nitrogens with zero attached hydrogens (tertiary/aromatic N) is 3. The van der Waals surface area contributed by atoms with E-state index in [2.05, 4.69) is 9.98 Å². The molecular formula is C12H17N3O. The van der Waals surface area contributed by atoms with Crippen molar-refractivity contribution in [1.29, 1.82) is 0 Å². The summed E-state index contributed by atoms with van der Waals surface area (Å²) >= 11 is 0. The molecule has 0 saturated carbocycles. The van der Waals surface area contributed by atoms with Gasteiger partial charge in [-0.1, -0.05) is 0 Å². The zero-order valence-electron chi connectivity index (χ0n) is 9.72. The summed E-state index contributed by atoms with van der Waals surface area (Å²) in [7, 11) is 1.98. The highest BCUT2D eigenvalue weighted by molar-refractivity contribution is 5.86. The van der Waals surface area contributed by atoms with Crippen LogP contribution in [-0.2, 0) is 0 Å². The molecule has 0 saturated heterocycles. The van der Waals surface area contributed by atoms with Crippen molar-refractivity contribution < 1.29 is 5.11 Å². The van der Waals surface area contributed by atoms with Crippen LogP contribution < -0.4 is 4.90 Å². The number of hydrogen-bond donors (Lipinski definition) is 1. The highest BCUT2D eigenvalue weighted by Crippen LogP contribution is 2.20. The van der Waals surface area contributed by atoms with Crippen molar-refractivity contribution in [3.8, 4) is 0 Å². The molecule has 2 heterocycles. The van der Waals surface area contributed by atoms with Crippen LogP contribution in [0.4, 0.5) is 5.82 Å². The van der Waals surface area contributed by atoms with E-state index in [0.29, 0.717) is 0 Å². The number of aliphatic imine (C=N–C) groups is 1. The average Bonchev–Trinajstić information content (AvgIpc) is 2.28. The minimum Gasteiger partial charge on any atom is -0.394 e. The summed E-state index contributed by atoms with van der Waals surface area (Å²) in [5.74, 6) is 0.905. The molecule has 16 heavy (non-hydrogen) atoms. The summed E-state index contributed by atoms with van der Waals surface area (Å²) in [4.78, 5) is 10.9. The summed E-state index contributed by atoms with van der Waals surface area (Å²) in [6.45, 7) is 2.86. The number of pyridine rings is 1. The van der Waals surface area contributed by atoms with Gasteiger partial charge in [0, 0.05) is 31.1 Å². The van der Waals surface area contributed by atoms with E-state index in [-0.39, 0.29) is 12.6 Å². The van der Waals surface area contributed by atoms with Gasteiger partial charge in [0.15, 0.2) is 0 Å². The Kier molecular flexibility index (Phi) is 3.19. The van der Waals surface area contributed by atoms with Crippen molar-refractivity contribution in [3.63, 3.8) is 0 Å². The summed E-state index contributed by atoms with van der Waals surface area (Å²) in [5, 5.41) is 9.35. The molecule has 0 aromatic carbocycles. The third-order valence-corrected chi connectivity index (χ3v) is 2.96. The van der Waals surface area contributed by atoms with Gasteiger partial charge in [-0.05, 0) is 25.5 Å². The average molecular weight is 219 g/mol. The first kappa shape index (κ1) is 11.1. The SMILES string of the molecule is Cc1ccc2c(n1)N(C)[C@H](CO)CCN=C2. The maximum Gasteiger partial charge on any atom is 0.137 e. The smallest absolute Gasteiger partial charge is 0.137 e. The number of fused-ring (bicyclic) bond motifs is 1. The van der Waals surface area contributed by atoms with Gasteiger partial charge in [-0.3, -0.25) is 4.99 Å². The Morgan fingerprint density at radius 3 is 3.06 bits per heavy atom. The quantitative estimate of drug-likeness (QED) is 0.767. The fraction of sp³-hybridized carbons (Fsp3) is 0.500. The molecule has 1 atom stereocenters. The fourth-order valence-corrected chi connectivity index (χ4v) is 1.90. The topological polar surface area (TPSA) is 48.7 Å². The third-order valence-electron chi connectivity index (χ3n) is 2.96. The summed E-state index contributed by atoms with van der Waals surface area (Å²) in [6, 6.07) is 4.11. The van der Waals surface area contributed by atoms with Crippen molar-refractivity contribution in [3.05, 3.63) is 23.4 Å². The summed E-state index contributed by atoms with van der Waals surface area (Å²) < 4.78 is 0. The van der Waals surface area contributed by atoms with Gasteiger partial charge in [0.25, 0.3) is 0 Å². The van der Waals surface area contributed by atoms with Crippen LogP contribution in [0.3, 0.4) is 0 Å². The molecule has 1 N–H and O–H groups in total. The van der Waals surface area contributed by atoms with E-state index in [0.717, 1.165) is 30.0 Å². The Labute approximate surface area is 95.6 Å². The van der Waals surface area contributed by atoms with Crippen LogP contribution in [0.1, 0.15) is 17.7 Å². The zero-order valence-corrected chi connectivity index (χ0v) is 9.72. The molecule has 2 rings (SSSR count). The second-order valence-electron chi connectivity index (χ2n) is 4.14. The number of aromatic nitrogens is 1. The first-order valence-electron chi connectivity index (χ1n) is 5.53. The van der Waals surface area contributed by atoms with Crippen LogP contribution in [0, 0.1) is 6.92 Å². The van der Waals surface area contributed by atoms with E-state index < -0.39 is 0 Å². The lowest BCUT2D eigenvalue weighted by molar-refractivity contribution is 0.257. The molecule has 0 spiro atoms. The summed E-state index contributed by atoms with van der Waals surface area (Å²) in [5.41, 5.74) is 2.00. The molecule has 1 aromatic heterocycles. The second-order valence-corrected chi connectivity index (χ2v) is 4.14. The molecular weight excluding hydrogens is 202 g/mol. The first-order valence-corrected chi connectivity index (χ1v) is 5.53. The van der Waals surface area contributed by atoms with Crippen molar-refractivity contribution in [2.45, 2.75) is 19.4 Å². The number of rotatable bonds is 1. The van der Waals surface area contributed by atoms with E-state index in [9.17, 15) is 5.11 Å². The van der Waals surface area contributed by atoms with Crippen LogP contribution >= 0.6 is 0 Å². The lowest BCUT2D eigenvalue weighted by Crippen LogP contribution is -2.37. The number of anilines is 1. The highest BCUT2D eigenvalue weighted by Gasteiger charge is 2.19. The number of aliphatic hydroxyl groups excluding tert-OH is 1. The molecule has 86 valence electrons. The minimum absolute atomic E-state index is 0.102. The number of likely N-dealkylation sites (N-methyl/N-ethyl adjacent to an activating group) is 1. The maximum absolute atomic E-state index is 9.35. The third kappa shape index (κ3) is 2.07. The van der Waals surface area contributed by atoms with Crippen molar-refractivity contribution >= 4 is 12.0 Å². The van der Waals surface area contributed by atoms with Crippen LogP contribution in [0.15, 0.2) is 17.1 Å². The van der Waals surface area contributed by atoms with Gasteiger partial charge in [0.1, 0.15) is 5.82 Å². The molecule has 4 heteroatoms. The summed E-state index contributed by atoms with van der Waals surface area (Å²) in [6.07, 6.45) is 2.73. The Balaban J connectivity index is 2.45. The number of aryl methyl sites for hydroxylation is 1. The fourth-order valence-electron chi connectivity index (χ4n) is 1.90. The largest absolute Gasteiger partial charge is 0.394 e. The Hall–Kier alpha value is -1.42. The standard InChI is InChI=1S/C12H17N3O/c1-9-3-4-10-7-13-6-5-11(8-16)15(2)12(10)14-9/h3-4,7,11,16H,5-6,8H2,1-2H3/t11-/m0/s1. The van der Waals surface area contributed by atoms with Crippen molar-refractivity contribution in [2.75, 3.05) is 25.1 Å². The molecule has 0 fully saturated rings. The van der Waals surface area contributed by atoms with E-state index in [1.165, 1.54) is 0 Å². The number of aliphatic hydroxyl groups is 1. The molecule has 1 aliphatic heterocycles. The molecule has 4 nitrogen and oxygen atoms in total.